The average molecular weight is 477 g/mol. The van der Waals surface area contributed by atoms with Crippen molar-refractivity contribution in [1.82, 2.24) is 0 Å². The van der Waals surface area contributed by atoms with Gasteiger partial charge in [0, 0.05) is 34.7 Å². The van der Waals surface area contributed by atoms with Crippen LogP contribution in [0.5, 0.6) is 5.75 Å². The second kappa shape index (κ2) is 10.3. The van der Waals surface area contributed by atoms with Gasteiger partial charge in [-0.05, 0) is 42.8 Å². The lowest BCUT2D eigenvalue weighted by molar-refractivity contribution is -0.929. The Kier molecular flexibility index (Phi) is 7.88. The zero-order valence-corrected chi connectivity index (χ0v) is 20.3. The number of benzene rings is 2. The van der Waals surface area contributed by atoms with E-state index in [1.54, 1.807) is 0 Å². The molecule has 1 fully saturated rings. The molecule has 1 saturated heterocycles. The molecule has 0 spiro atoms. The summed E-state index contributed by atoms with van der Waals surface area (Å²) in [6, 6.07) is 12.4. The summed E-state index contributed by atoms with van der Waals surface area (Å²) < 4.78 is 12.3. The van der Waals surface area contributed by atoms with Crippen LogP contribution in [0.4, 0.5) is 5.69 Å². The van der Waals surface area contributed by atoms with Crippen LogP contribution in [0.15, 0.2) is 42.0 Å². The highest BCUT2D eigenvalue weighted by Crippen LogP contribution is 2.33. The molecule has 2 aliphatic heterocycles. The number of hydrogen-bond donors (Lipinski definition) is 1. The van der Waals surface area contributed by atoms with Crippen molar-refractivity contribution in [2.24, 2.45) is 0 Å². The zero-order chi connectivity index (χ0) is 22.0. The Morgan fingerprint density at radius 1 is 1.16 bits per heavy atom. The van der Waals surface area contributed by atoms with Crippen molar-refractivity contribution < 1.29 is 31.2 Å². The molecule has 4 rings (SSSR count). The summed E-state index contributed by atoms with van der Waals surface area (Å²) in [5.74, 6) is 0.630. The van der Waals surface area contributed by atoms with Crippen LogP contribution in [0.25, 0.3) is 6.08 Å². The van der Waals surface area contributed by atoms with Gasteiger partial charge in [-0.2, -0.15) is 0 Å². The number of aryl methyl sites for hydroxylation is 1. The molecule has 0 radical (unpaired) electrons. The molecule has 0 aliphatic carbocycles. The number of nitrogens with zero attached hydrogens (tertiary/aromatic N) is 1. The largest absolute Gasteiger partial charge is 1.00 e. The van der Waals surface area contributed by atoms with Crippen molar-refractivity contribution in [3.8, 4) is 5.75 Å². The molecule has 0 unspecified atom stereocenters. The second-order valence-electron chi connectivity index (χ2n) is 9.03. The highest BCUT2D eigenvalue weighted by molar-refractivity contribution is 6.31. The van der Waals surface area contributed by atoms with E-state index in [-0.39, 0.29) is 24.9 Å². The van der Waals surface area contributed by atoms with E-state index in [9.17, 15) is 4.79 Å². The van der Waals surface area contributed by atoms with Crippen molar-refractivity contribution in [2.45, 2.75) is 32.4 Å². The van der Waals surface area contributed by atoms with E-state index in [0.29, 0.717) is 16.6 Å². The van der Waals surface area contributed by atoms with Crippen LogP contribution in [0.2, 0.25) is 5.02 Å². The Bertz CT molecular complexity index is 997. The summed E-state index contributed by atoms with van der Waals surface area (Å²) in [5.41, 5.74) is 4.42. The number of quaternary nitrogens is 1. The van der Waals surface area contributed by atoms with Gasteiger partial charge in [-0.15, -0.1) is 0 Å². The van der Waals surface area contributed by atoms with E-state index >= 15 is 0 Å². The minimum atomic E-state index is -0.158. The van der Waals surface area contributed by atoms with Crippen LogP contribution in [-0.2, 0) is 16.1 Å². The smallest absolute Gasteiger partial charge is 0.255 e. The molecular weight excluding hydrogens is 447 g/mol. The second-order valence-corrected chi connectivity index (χ2v) is 9.47. The summed E-state index contributed by atoms with van der Waals surface area (Å²) in [7, 11) is 4.57. The zero-order valence-electron chi connectivity index (χ0n) is 18.8. The number of ether oxygens (including phenoxy) is 2. The lowest BCUT2D eigenvalue weighted by atomic mass is 10.0. The molecule has 2 heterocycles. The summed E-state index contributed by atoms with van der Waals surface area (Å²) in [5, 5.41) is 3.62. The van der Waals surface area contributed by atoms with Crippen molar-refractivity contribution in [2.75, 3.05) is 39.2 Å². The van der Waals surface area contributed by atoms with Crippen LogP contribution in [-0.4, -0.2) is 50.3 Å². The molecule has 1 N–H and O–H groups in total. The first-order valence-corrected chi connectivity index (χ1v) is 11.1. The monoisotopic (exact) mass is 476 g/mol. The molecule has 0 bridgehead atoms. The number of rotatable bonds is 5. The standard InChI is InChI=1S/C25H29ClN2O3.ClH/c1-17-12-21(26)14-19-13-20(16-31-24(17)19)25(29)27-22-6-4-18(5-7-22)15-28(2,3)23-8-10-30-11-9-23;/h4-7,12-14,23H,8-11,15-16H2,1-3H3;1H. The minimum absolute atomic E-state index is 0. The number of fused-ring (bicyclic) bond motifs is 1. The van der Waals surface area contributed by atoms with E-state index in [2.05, 4.69) is 31.5 Å². The lowest BCUT2D eigenvalue weighted by Gasteiger charge is -2.40. The highest BCUT2D eigenvalue weighted by atomic mass is 35.5. The Hall–Kier alpha value is -2.05. The predicted molar refractivity (Wildman–Crippen MR) is 124 cm³/mol. The molecule has 0 aromatic heterocycles. The number of nitrogens with one attached hydrogen (secondary N) is 1. The van der Waals surface area contributed by atoms with E-state index in [1.807, 2.05) is 37.3 Å². The summed E-state index contributed by atoms with van der Waals surface area (Å²) >= 11 is 6.16. The van der Waals surface area contributed by atoms with Gasteiger partial charge in [0.1, 0.15) is 18.9 Å². The third kappa shape index (κ3) is 5.65. The van der Waals surface area contributed by atoms with Gasteiger partial charge in [0.15, 0.2) is 0 Å². The van der Waals surface area contributed by atoms with Gasteiger partial charge in [-0.3, -0.25) is 4.79 Å². The minimum Gasteiger partial charge on any atom is -1.00 e. The number of hydrogen-bond acceptors (Lipinski definition) is 3. The van der Waals surface area contributed by atoms with Crippen LogP contribution in [0, 0.1) is 6.92 Å². The Labute approximate surface area is 201 Å². The average Bonchev–Trinajstić information content (AvgIpc) is 2.75. The third-order valence-electron chi connectivity index (χ3n) is 6.24. The van der Waals surface area contributed by atoms with Gasteiger partial charge in [0.05, 0.1) is 38.9 Å². The fraction of sp³-hybridized carbons (Fsp3) is 0.400. The molecule has 1 amide bonds. The fourth-order valence-corrected chi connectivity index (χ4v) is 4.74. The molecule has 2 aromatic carbocycles. The van der Waals surface area contributed by atoms with Crippen LogP contribution >= 0.6 is 11.6 Å². The molecule has 2 aromatic rings. The van der Waals surface area contributed by atoms with Gasteiger partial charge >= 0.3 is 0 Å². The number of halogens is 2. The first kappa shape index (κ1) is 24.6. The lowest BCUT2D eigenvalue weighted by Crippen LogP contribution is -3.00. The van der Waals surface area contributed by atoms with E-state index in [4.69, 9.17) is 21.1 Å². The van der Waals surface area contributed by atoms with Gasteiger partial charge in [-0.25, -0.2) is 0 Å². The Morgan fingerprint density at radius 2 is 1.84 bits per heavy atom. The number of amides is 1. The van der Waals surface area contributed by atoms with Crippen LogP contribution in [0.3, 0.4) is 0 Å². The maximum absolute atomic E-state index is 12.8. The summed E-state index contributed by atoms with van der Waals surface area (Å²) in [4.78, 5) is 12.8. The molecule has 7 heteroatoms. The normalized spacial score (nSPS) is 16.3. The predicted octanol–water partition coefficient (Wildman–Crippen LogP) is 1.82. The third-order valence-corrected chi connectivity index (χ3v) is 6.46. The topological polar surface area (TPSA) is 47.6 Å². The highest BCUT2D eigenvalue weighted by Gasteiger charge is 2.30. The quantitative estimate of drug-likeness (QED) is 0.669. The fourth-order valence-electron chi connectivity index (χ4n) is 4.46. The van der Waals surface area contributed by atoms with Crippen molar-refractivity contribution >= 4 is 29.3 Å². The molecular formula is C25H30Cl2N2O3. The van der Waals surface area contributed by atoms with E-state index in [0.717, 1.165) is 59.6 Å². The van der Waals surface area contributed by atoms with Crippen LogP contribution in [0.1, 0.15) is 29.5 Å². The van der Waals surface area contributed by atoms with E-state index in [1.165, 1.54) is 5.56 Å². The molecule has 2 aliphatic rings. The summed E-state index contributed by atoms with van der Waals surface area (Å²) in [6.07, 6.45) is 4.06. The number of carbonyl (C=O) groups excluding carboxylic acids is 1. The summed E-state index contributed by atoms with van der Waals surface area (Å²) in [6.45, 7) is 4.86. The van der Waals surface area contributed by atoms with Crippen LogP contribution < -0.4 is 22.5 Å². The Balaban J connectivity index is 0.00000289. The molecule has 0 atom stereocenters. The van der Waals surface area contributed by atoms with Crippen molar-refractivity contribution in [3.05, 3.63) is 63.7 Å². The maximum Gasteiger partial charge on any atom is 0.255 e. The van der Waals surface area contributed by atoms with Crippen molar-refractivity contribution in [3.63, 3.8) is 0 Å². The molecule has 32 heavy (non-hydrogen) atoms. The van der Waals surface area contributed by atoms with Gasteiger partial charge in [-0.1, -0.05) is 23.7 Å². The number of carbonyl (C=O) groups is 1. The first-order valence-electron chi connectivity index (χ1n) is 10.8. The SMILES string of the molecule is Cc1cc(Cl)cc2c1OCC(C(=O)Nc1ccc(C[N+](C)(C)C3CCOCC3)cc1)=C2.[Cl-]. The molecule has 172 valence electrons. The van der Waals surface area contributed by atoms with E-state index < -0.39 is 0 Å². The Morgan fingerprint density at radius 3 is 2.53 bits per heavy atom. The van der Waals surface area contributed by atoms with Gasteiger partial charge in [0.25, 0.3) is 5.91 Å². The van der Waals surface area contributed by atoms with Crippen molar-refractivity contribution in [1.29, 1.82) is 0 Å². The first-order chi connectivity index (χ1) is 14.8. The maximum atomic E-state index is 12.8. The molecule has 0 saturated carbocycles. The number of anilines is 1. The van der Waals surface area contributed by atoms with Gasteiger partial charge in [0.2, 0.25) is 0 Å². The molecule has 5 nitrogen and oxygen atoms in total. The van der Waals surface area contributed by atoms with Gasteiger partial charge < -0.3 is 31.7 Å².